The standard InChI is InChI=1S/C14H10F3NO3/c1-21-13(20)10-6-12(19)18-7-11(10)8-2-4-9(5-3-8)14(15,16)17/h2-7H,1H3,(H,18,19). The van der Waals surface area contributed by atoms with Crippen molar-refractivity contribution in [1.29, 1.82) is 0 Å². The zero-order chi connectivity index (χ0) is 15.6. The maximum absolute atomic E-state index is 12.5. The summed E-state index contributed by atoms with van der Waals surface area (Å²) in [5.74, 6) is -0.740. The summed E-state index contributed by atoms with van der Waals surface area (Å²) in [7, 11) is 1.15. The number of carbonyl (C=O) groups is 1. The Hall–Kier alpha value is -2.57. The number of nitrogens with one attached hydrogen (secondary N) is 1. The predicted molar refractivity (Wildman–Crippen MR) is 68.8 cm³/mol. The molecule has 1 N–H and O–H groups in total. The van der Waals surface area contributed by atoms with Crippen LogP contribution in [-0.4, -0.2) is 18.1 Å². The van der Waals surface area contributed by atoms with E-state index in [9.17, 15) is 22.8 Å². The molecule has 0 bridgehead atoms. The zero-order valence-electron chi connectivity index (χ0n) is 10.8. The van der Waals surface area contributed by atoms with E-state index in [0.717, 1.165) is 25.3 Å². The van der Waals surface area contributed by atoms with E-state index in [1.54, 1.807) is 0 Å². The molecule has 7 heteroatoms. The molecule has 0 aliphatic heterocycles. The summed E-state index contributed by atoms with van der Waals surface area (Å²) in [4.78, 5) is 25.3. The molecule has 2 aromatic rings. The van der Waals surface area contributed by atoms with Crippen molar-refractivity contribution in [3.8, 4) is 11.1 Å². The van der Waals surface area contributed by atoms with Crippen LogP contribution >= 0.6 is 0 Å². The van der Waals surface area contributed by atoms with Crippen LogP contribution in [0.25, 0.3) is 11.1 Å². The lowest BCUT2D eigenvalue weighted by Gasteiger charge is -2.10. The van der Waals surface area contributed by atoms with Gasteiger partial charge in [0.05, 0.1) is 18.2 Å². The first-order valence-electron chi connectivity index (χ1n) is 5.81. The Morgan fingerprint density at radius 2 is 1.81 bits per heavy atom. The Balaban J connectivity index is 2.52. The van der Waals surface area contributed by atoms with E-state index < -0.39 is 23.3 Å². The monoisotopic (exact) mass is 297 g/mol. The maximum Gasteiger partial charge on any atom is 0.416 e. The van der Waals surface area contributed by atoms with Gasteiger partial charge >= 0.3 is 12.1 Å². The molecule has 0 aliphatic carbocycles. The molecule has 1 aromatic carbocycles. The number of aromatic nitrogens is 1. The average Bonchev–Trinajstić information content (AvgIpc) is 2.45. The molecule has 0 aliphatic rings. The third kappa shape index (κ3) is 3.13. The minimum absolute atomic E-state index is 0.0130. The molecule has 4 nitrogen and oxygen atoms in total. The third-order valence-corrected chi connectivity index (χ3v) is 2.85. The number of hydrogen-bond acceptors (Lipinski definition) is 3. The highest BCUT2D eigenvalue weighted by molar-refractivity contribution is 5.96. The van der Waals surface area contributed by atoms with E-state index in [1.165, 1.54) is 18.3 Å². The van der Waals surface area contributed by atoms with Gasteiger partial charge in [-0.25, -0.2) is 4.79 Å². The largest absolute Gasteiger partial charge is 0.465 e. The summed E-state index contributed by atoms with van der Waals surface area (Å²) in [6.45, 7) is 0. The van der Waals surface area contributed by atoms with Gasteiger partial charge in [0.15, 0.2) is 0 Å². The highest BCUT2D eigenvalue weighted by Gasteiger charge is 2.30. The van der Waals surface area contributed by atoms with Crippen LogP contribution in [-0.2, 0) is 10.9 Å². The lowest BCUT2D eigenvalue weighted by molar-refractivity contribution is -0.137. The Bertz CT molecular complexity index is 717. The number of carbonyl (C=O) groups excluding carboxylic acids is 1. The molecular formula is C14H10F3NO3. The fourth-order valence-electron chi connectivity index (χ4n) is 1.83. The van der Waals surface area contributed by atoms with Crippen LogP contribution < -0.4 is 5.56 Å². The van der Waals surface area contributed by atoms with Crippen LogP contribution in [0.15, 0.2) is 41.3 Å². The Morgan fingerprint density at radius 1 is 1.19 bits per heavy atom. The van der Waals surface area contributed by atoms with Crippen molar-refractivity contribution in [3.05, 3.63) is 58.0 Å². The van der Waals surface area contributed by atoms with Gasteiger partial charge in [-0.2, -0.15) is 13.2 Å². The fourth-order valence-corrected chi connectivity index (χ4v) is 1.83. The Kier molecular flexibility index (Phi) is 3.84. The normalized spacial score (nSPS) is 11.2. The average molecular weight is 297 g/mol. The first-order chi connectivity index (χ1) is 9.82. The lowest BCUT2D eigenvalue weighted by Crippen LogP contribution is -2.12. The molecule has 0 amide bonds. The number of alkyl halides is 3. The Labute approximate surface area is 117 Å². The summed E-state index contributed by atoms with van der Waals surface area (Å²) in [5, 5.41) is 0. The molecule has 0 unspecified atom stereocenters. The number of aromatic amines is 1. The van der Waals surface area contributed by atoms with Crippen LogP contribution in [0.4, 0.5) is 13.2 Å². The molecule has 0 saturated carbocycles. The number of esters is 1. The molecule has 0 atom stereocenters. The predicted octanol–water partition coefficient (Wildman–Crippen LogP) is 2.85. The minimum atomic E-state index is -4.44. The van der Waals surface area contributed by atoms with E-state index >= 15 is 0 Å². The first kappa shape index (κ1) is 14.8. The van der Waals surface area contributed by atoms with E-state index in [0.29, 0.717) is 5.56 Å². The van der Waals surface area contributed by atoms with Crippen molar-refractivity contribution in [2.24, 2.45) is 0 Å². The molecule has 0 radical (unpaired) electrons. The number of hydrogen-bond donors (Lipinski definition) is 1. The van der Waals surface area contributed by atoms with Gasteiger partial charge in [-0.1, -0.05) is 12.1 Å². The smallest absolute Gasteiger partial charge is 0.416 e. The zero-order valence-corrected chi connectivity index (χ0v) is 10.8. The molecule has 2 rings (SSSR count). The van der Waals surface area contributed by atoms with Crippen LogP contribution in [0.2, 0.25) is 0 Å². The van der Waals surface area contributed by atoms with Crippen molar-refractivity contribution >= 4 is 5.97 Å². The van der Waals surface area contributed by atoms with Gasteiger partial charge < -0.3 is 9.72 Å². The van der Waals surface area contributed by atoms with Crippen LogP contribution in [0, 0.1) is 0 Å². The van der Waals surface area contributed by atoms with Crippen molar-refractivity contribution < 1.29 is 22.7 Å². The highest BCUT2D eigenvalue weighted by Crippen LogP contribution is 2.31. The summed E-state index contributed by atoms with van der Waals surface area (Å²) in [6.07, 6.45) is -3.17. The third-order valence-electron chi connectivity index (χ3n) is 2.85. The van der Waals surface area contributed by atoms with E-state index in [-0.39, 0.29) is 11.1 Å². The number of ether oxygens (including phenoxy) is 1. The van der Waals surface area contributed by atoms with Gasteiger partial charge in [0, 0.05) is 17.8 Å². The first-order valence-corrected chi connectivity index (χ1v) is 5.81. The van der Waals surface area contributed by atoms with Crippen LogP contribution in [0.5, 0.6) is 0 Å². The summed E-state index contributed by atoms with van der Waals surface area (Å²) < 4.78 is 42.1. The molecule has 0 fully saturated rings. The number of benzene rings is 1. The molecular weight excluding hydrogens is 287 g/mol. The lowest BCUT2D eigenvalue weighted by atomic mass is 10.0. The molecule has 21 heavy (non-hydrogen) atoms. The minimum Gasteiger partial charge on any atom is -0.465 e. The van der Waals surface area contributed by atoms with Gasteiger partial charge in [-0.15, -0.1) is 0 Å². The van der Waals surface area contributed by atoms with Gasteiger partial charge in [0.2, 0.25) is 5.56 Å². The molecule has 0 saturated heterocycles. The number of halogens is 3. The fraction of sp³-hybridized carbons (Fsp3) is 0.143. The molecule has 1 aromatic heterocycles. The molecule has 0 spiro atoms. The topological polar surface area (TPSA) is 59.2 Å². The Morgan fingerprint density at radius 3 is 2.33 bits per heavy atom. The number of pyridine rings is 1. The maximum atomic E-state index is 12.5. The van der Waals surface area contributed by atoms with Crippen molar-refractivity contribution in [2.45, 2.75) is 6.18 Å². The summed E-state index contributed by atoms with van der Waals surface area (Å²) in [5.41, 5.74) is -0.669. The second kappa shape index (κ2) is 5.43. The van der Waals surface area contributed by atoms with Gasteiger partial charge in [-0.3, -0.25) is 4.79 Å². The van der Waals surface area contributed by atoms with E-state index in [2.05, 4.69) is 9.72 Å². The van der Waals surface area contributed by atoms with Crippen molar-refractivity contribution in [1.82, 2.24) is 4.98 Å². The SMILES string of the molecule is COC(=O)c1cc(=O)[nH]cc1-c1ccc(C(F)(F)F)cc1. The van der Waals surface area contributed by atoms with Crippen LogP contribution in [0.3, 0.4) is 0 Å². The van der Waals surface area contributed by atoms with Crippen molar-refractivity contribution in [3.63, 3.8) is 0 Å². The second-order valence-corrected chi connectivity index (χ2v) is 4.19. The van der Waals surface area contributed by atoms with Gasteiger partial charge in [0.1, 0.15) is 0 Å². The second-order valence-electron chi connectivity index (χ2n) is 4.19. The molecule has 1 heterocycles. The number of H-pyrrole nitrogens is 1. The van der Waals surface area contributed by atoms with E-state index in [1.807, 2.05) is 0 Å². The number of methoxy groups -OCH3 is 1. The van der Waals surface area contributed by atoms with E-state index in [4.69, 9.17) is 0 Å². The quantitative estimate of drug-likeness (QED) is 0.867. The summed E-state index contributed by atoms with van der Waals surface area (Å²) in [6, 6.07) is 5.30. The molecule has 110 valence electrons. The van der Waals surface area contributed by atoms with Crippen molar-refractivity contribution in [2.75, 3.05) is 7.11 Å². The highest BCUT2D eigenvalue weighted by atomic mass is 19.4. The van der Waals surface area contributed by atoms with Gasteiger partial charge in [-0.05, 0) is 17.7 Å². The van der Waals surface area contributed by atoms with Crippen LogP contribution in [0.1, 0.15) is 15.9 Å². The number of rotatable bonds is 2. The van der Waals surface area contributed by atoms with Gasteiger partial charge in [0.25, 0.3) is 0 Å². The summed E-state index contributed by atoms with van der Waals surface area (Å²) >= 11 is 0.